The number of hydrogen-bond donors (Lipinski definition) is 1. The van der Waals surface area contributed by atoms with Gasteiger partial charge in [-0.2, -0.15) is 5.10 Å². The molecule has 1 atom stereocenters. The normalized spacial score (nSPS) is 17.7. The second-order valence-corrected chi connectivity index (χ2v) is 6.07. The molecule has 7 heteroatoms. The van der Waals surface area contributed by atoms with Crippen molar-refractivity contribution >= 4 is 11.4 Å². The monoisotopic (exact) mass is 316 g/mol. The van der Waals surface area contributed by atoms with Gasteiger partial charge in [-0.25, -0.2) is 0 Å². The lowest BCUT2D eigenvalue weighted by atomic mass is 10.0. The van der Waals surface area contributed by atoms with Crippen molar-refractivity contribution in [2.24, 2.45) is 13.0 Å². The number of nitro benzene ring substituents is 1. The highest BCUT2D eigenvalue weighted by atomic mass is 16.6. The Morgan fingerprint density at radius 3 is 2.91 bits per heavy atom. The fraction of sp³-hybridized carbons (Fsp3) is 0.438. The predicted molar refractivity (Wildman–Crippen MR) is 86.3 cm³/mol. The molecule has 1 aliphatic heterocycles. The molecule has 0 saturated carbocycles. The van der Waals surface area contributed by atoms with Crippen LogP contribution in [0.3, 0.4) is 0 Å². The van der Waals surface area contributed by atoms with Gasteiger partial charge in [0.25, 0.3) is 5.69 Å². The zero-order chi connectivity index (χ0) is 16.4. The maximum absolute atomic E-state index is 11.3. The van der Waals surface area contributed by atoms with E-state index in [1.807, 2.05) is 19.4 Å². The second kappa shape index (κ2) is 6.37. The van der Waals surface area contributed by atoms with E-state index in [4.69, 9.17) is 0 Å². The molecule has 23 heavy (non-hydrogen) atoms. The van der Waals surface area contributed by atoms with Crippen molar-refractivity contribution in [2.75, 3.05) is 18.0 Å². The van der Waals surface area contributed by atoms with Gasteiger partial charge in [-0.3, -0.25) is 14.8 Å². The van der Waals surface area contributed by atoms with Crippen molar-refractivity contribution in [1.82, 2.24) is 9.78 Å². The van der Waals surface area contributed by atoms with E-state index in [-0.39, 0.29) is 17.2 Å². The van der Waals surface area contributed by atoms with Gasteiger partial charge in [-0.15, -0.1) is 0 Å². The molecule has 1 fully saturated rings. The Morgan fingerprint density at radius 2 is 2.26 bits per heavy atom. The first-order valence-corrected chi connectivity index (χ1v) is 7.67. The molecule has 1 saturated heterocycles. The van der Waals surface area contributed by atoms with E-state index in [2.05, 4.69) is 10.00 Å². The molecule has 2 heterocycles. The maximum Gasteiger partial charge on any atom is 0.292 e. The molecule has 1 aromatic carbocycles. The van der Waals surface area contributed by atoms with Crippen LogP contribution in [0.5, 0.6) is 0 Å². The van der Waals surface area contributed by atoms with Crippen molar-refractivity contribution in [2.45, 2.75) is 19.4 Å². The van der Waals surface area contributed by atoms with Gasteiger partial charge < -0.3 is 10.0 Å². The number of aromatic nitrogens is 2. The van der Waals surface area contributed by atoms with Crippen LogP contribution in [-0.4, -0.2) is 32.9 Å². The Labute approximate surface area is 134 Å². The van der Waals surface area contributed by atoms with E-state index in [0.717, 1.165) is 25.9 Å². The molecule has 1 aromatic heterocycles. The molecule has 0 spiro atoms. The summed E-state index contributed by atoms with van der Waals surface area (Å²) < 4.78 is 1.79. The number of rotatable bonds is 5. The third-order valence-electron chi connectivity index (χ3n) is 4.33. The Morgan fingerprint density at radius 1 is 1.43 bits per heavy atom. The number of hydrogen-bond acceptors (Lipinski definition) is 5. The number of nitro groups is 1. The van der Waals surface area contributed by atoms with E-state index in [9.17, 15) is 15.2 Å². The van der Waals surface area contributed by atoms with E-state index in [1.54, 1.807) is 16.8 Å². The highest BCUT2D eigenvalue weighted by molar-refractivity contribution is 5.65. The lowest BCUT2D eigenvalue weighted by molar-refractivity contribution is -0.384. The number of benzene rings is 1. The topological polar surface area (TPSA) is 84.4 Å². The molecule has 0 aliphatic carbocycles. The minimum absolute atomic E-state index is 0.101. The summed E-state index contributed by atoms with van der Waals surface area (Å²) in [6.07, 6.45) is 5.81. The highest BCUT2D eigenvalue weighted by Gasteiger charge is 2.28. The molecule has 122 valence electrons. The lowest BCUT2D eigenvalue weighted by Crippen LogP contribution is -2.21. The third kappa shape index (κ3) is 3.34. The van der Waals surface area contributed by atoms with Crippen LogP contribution < -0.4 is 4.90 Å². The summed E-state index contributed by atoms with van der Waals surface area (Å²) in [5.74, 6) is 0.455. The van der Waals surface area contributed by atoms with Crippen LogP contribution in [0.2, 0.25) is 0 Å². The Bertz CT molecular complexity index is 713. The average molecular weight is 316 g/mol. The van der Waals surface area contributed by atoms with E-state index in [1.165, 1.54) is 11.6 Å². The van der Waals surface area contributed by atoms with Gasteiger partial charge in [0.1, 0.15) is 5.69 Å². The molecular formula is C16H20N4O3. The minimum Gasteiger partial charge on any atom is -0.392 e. The van der Waals surface area contributed by atoms with Crippen LogP contribution in [0.15, 0.2) is 30.6 Å². The quantitative estimate of drug-likeness (QED) is 0.672. The van der Waals surface area contributed by atoms with Crippen LogP contribution in [-0.2, 0) is 20.1 Å². The molecular weight excluding hydrogens is 296 g/mol. The van der Waals surface area contributed by atoms with E-state index < -0.39 is 0 Å². The molecule has 2 aromatic rings. The third-order valence-corrected chi connectivity index (χ3v) is 4.33. The zero-order valence-corrected chi connectivity index (χ0v) is 13.1. The smallest absolute Gasteiger partial charge is 0.292 e. The largest absolute Gasteiger partial charge is 0.392 e. The van der Waals surface area contributed by atoms with Crippen LogP contribution in [0, 0.1) is 16.0 Å². The van der Waals surface area contributed by atoms with Crippen molar-refractivity contribution in [3.05, 3.63) is 51.8 Å². The van der Waals surface area contributed by atoms with E-state index >= 15 is 0 Å². The molecule has 0 unspecified atom stereocenters. The van der Waals surface area contributed by atoms with Crippen LogP contribution in [0.25, 0.3) is 0 Å². The molecule has 1 aliphatic rings. The van der Waals surface area contributed by atoms with Gasteiger partial charge in [0.05, 0.1) is 17.7 Å². The second-order valence-electron chi connectivity index (χ2n) is 6.07. The summed E-state index contributed by atoms with van der Waals surface area (Å²) in [6, 6.07) is 4.81. The SMILES string of the molecule is Cn1cc(C[C@@H]2CCN(c3cc(CO)ccc3[N+](=O)[O-])C2)cn1. The molecule has 7 nitrogen and oxygen atoms in total. The van der Waals surface area contributed by atoms with E-state index in [0.29, 0.717) is 17.2 Å². The zero-order valence-electron chi connectivity index (χ0n) is 13.1. The van der Waals surface area contributed by atoms with Gasteiger partial charge in [0, 0.05) is 32.4 Å². The van der Waals surface area contributed by atoms with Gasteiger partial charge in [-0.1, -0.05) is 0 Å². The lowest BCUT2D eigenvalue weighted by Gasteiger charge is -2.19. The number of aliphatic hydroxyl groups excluding tert-OH is 1. The van der Waals surface area contributed by atoms with Crippen molar-refractivity contribution in [3.8, 4) is 0 Å². The molecule has 1 N–H and O–H groups in total. The van der Waals surface area contributed by atoms with Crippen molar-refractivity contribution < 1.29 is 10.0 Å². The van der Waals surface area contributed by atoms with Gasteiger partial charge in [0.15, 0.2) is 0 Å². The summed E-state index contributed by atoms with van der Waals surface area (Å²) in [6.45, 7) is 1.46. The molecule has 0 radical (unpaired) electrons. The highest BCUT2D eigenvalue weighted by Crippen LogP contribution is 2.34. The average Bonchev–Trinajstić information content (AvgIpc) is 3.16. The maximum atomic E-state index is 11.3. The summed E-state index contributed by atoms with van der Waals surface area (Å²) in [7, 11) is 1.90. The Hall–Kier alpha value is -2.41. The summed E-state index contributed by atoms with van der Waals surface area (Å²) in [4.78, 5) is 13.0. The first kappa shape index (κ1) is 15.5. The molecule has 0 amide bonds. The molecule has 3 rings (SSSR count). The Kier molecular flexibility index (Phi) is 4.29. The standard InChI is InChI=1S/C16H20N4O3/c1-18-9-14(8-17-18)6-12-4-5-19(10-12)16-7-13(11-21)2-3-15(16)20(22)23/h2-3,7-9,12,21H,4-6,10-11H2,1H3/t12-/m0/s1. The number of nitrogens with zero attached hydrogens (tertiary/aromatic N) is 4. The van der Waals surface area contributed by atoms with Gasteiger partial charge in [-0.05, 0) is 42.0 Å². The van der Waals surface area contributed by atoms with Gasteiger partial charge >= 0.3 is 0 Å². The van der Waals surface area contributed by atoms with Gasteiger partial charge in [0.2, 0.25) is 0 Å². The number of aliphatic hydroxyl groups is 1. The van der Waals surface area contributed by atoms with Crippen LogP contribution in [0.1, 0.15) is 17.5 Å². The first-order valence-electron chi connectivity index (χ1n) is 7.67. The minimum atomic E-state index is -0.356. The first-order chi connectivity index (χ1) is 11.1. The summed E-state index contributed by atoms with van der Waals surface area (Å²) in [5.41, 5.74) is 2.60. The fourth-order valence-corrected chi connectivity index (χ4v) is 3.20. The van der Waals surface area contributed by atoms with Crippen molar-refractivity contribution in [3.63, 3.8) is 0 Å². The summed E-state index contributed by atoms with van der Waals surface area (Å²) in [5, 5.41) is 24.7. The summed E-state index contributed by atoms with van der Waals surface area (Å²) >= 11 is 0. The van der Waals surface area contributed by atoms with Crippen LogP contribution in [0.4, 0.5) is 11.4 Å². The Balaban J connectivity index is 1.76. The van der Waals surface area contributed by atoms with Crippen LogP contribution >= 0.6 is 0 Å². The number of aryl methyl sites for hydroxylation is 1. The molecule has 0 bridgehead atoms. The number of anilines is 1. The van der Waals surface area contributed by atoms with Crippen molar-refractivity contribution in [1.29, 1.82) is 0 Å². The predicted octanol–water partition coefficient (Wildman–Crippen LogP) is 1.89. The fourth-order valence-electron chi connectivity index (χ4n) is 3.20.